The summed E-state index contributed by atoms with van der Waals surface area (Å²) in [5, 5.41) is 10.1. The predicted octanol–water partition coefficient (Wildman–Crippen LogP) is 5.49. The molecule has 290 valence electrons. The molecule has 1 N–H and O–H groups in total. The van der Waals surface area contributed by atoms with Crippen LogP contribution in [0.3, 0.4) is 0 Å². The Morgan fingerprint density at radius 3 is 2.26 bits per heavy atom. The van der Waals surface area contributed by atoms with Crippen molar-refractivity contribution in [2.75, 3.05) is 84.9 Å². The Morgan fingerprint density at radius 2 is 1.55 bits per heavy atom. The van der Waals surface area contributed by atoms with E-state index >= 15 is 0 Å². The van der Waals surface area contributed by atoms with Gasteiger partial charge in [0.15, 0.2) is 0 Å². The average Bonchev–Trinajstić information content (AvgIpc) is 3.16. The number of piperidine rings is 1. The van der Waals surface area contributed by atoms with Crippen LogP contribution in [-0.4, -0.2) is 117 Å². The molecule has 1 saturated heterocycles. The number of hydrogen-bond acceptors (Lipinski definition) is 11. The van der Waals surface area contributed by atoms with Crippen molar-refractivity contribution in [1.82, 2.24) is 4.90 Å². The number of likely N-dealkylation sites (tertiary alicyclic amines) is 1. The maximum atomic E-state index is 12.7. The van der Waals surface area contributed by atoms with Crippen molar-refractivity contribution < 1.29 is 50.9 Å². The molecule has 3 atom stereocenters. The second kappa shape index (κ2) is 20.0. The predicted molar refractivity (Wildman–Crippen MR) is 199 cm³/mol. The number of amides is 1. The summed E-state index contributed by atoms with van der Waals surface area (Å²) in [6.07, 6.45) is -0.289. The summed E-state index contributed by atoms with van der Waals surface area (Å²) in [5.41, 5.74) is 3.78. The molecule has 14 heteroatoms. The standard InChI is InChI=1S/C39H52N2O11S/c1-29-7-14-33(15-8-29)53(44,45)52-23-6-22-49-36-26-41(39(42)43)27-37(38(36)31-10-12-32(13-11-31)48-21-5-20-47-3)51-28-30-9-16-35-34(25-30)40(18-24-50-35)17-4-19-46-2/h7-16,25,36-38H,4-6,17-24,26-28H2,1-3H3,(H,42,43)/t36-,37+,38+/m1/s1. The van der Waals surface area contributed by atoms with Crippen LogP contribution >= 0.6 is 0 Å². The van der Waals surface area contributed by atoms with Crippen molar-refractivity contribution in [3.63, 3.8) is 0 Å². The Hall–Kier alpha value is -3.92. The molecule has 0 saturated carbocycles. The summed E-state index contributed by atoms with van der Waals surface area (Å²) in [7, 11) is -0.573. The quantitative estimate of drug-likeness (QED) is 0.115. The van der Waals surface area contributed by atoms with Crippen LogP contribution in [0.1, 0.15) is 41.9 Å². The van der Waals surface area contributed by atoms with Gasteiger partial charge in [0.2, 0.25) is 0 Å². The molecule has 0 bridgehead atoms. The second-order valence-corrected chi connectivity index (χ2v) is 14.8. The number of ether oxygens (including phenoxy) is 6. The lowest BCUT2D eigenvalue weighted by molar-refractivity contribution is -0.0902. The number of benzene rings is 3. The molecule has 2 heterocycles. The minimum Gasteiger partial charge on any atom is -0.494 e. The molecule has 0 unspecified atom stereocenters. The van der Waals surface area contributed by atoms with Crippen molar-refractivity contribution in [3.8, 4) is 11.5 Å². The number of hydrogen-bond donors (Lipinski definition) is 1. The number of anilines is 1. The third-order valence-electron chi connectivity index (χ3n) is 9.29. The molecule has 1 amide bonds. The molecule has 2 aliphatic rings. The highest BCUT2D eigenvalue weighted by molar-refractivity contribution is 7.86. The first-order valence-corrected chi connectivity index (χ1v) is 19.5. The fourth-order valence-electron chi connectivity index (χ4n) is 6.53. The highest BCUT2D eigenvalue weighted by Crippen LogP contribution is 2.36. The monoisotopic (exact) mass is 756 g/mol. The molecule has 0 aromatic heterocycles. The lowest BCUT2D eigenvalue weighted by Crippen LogP contribution is -2.54. The van der Waals surface area contributed by atoms with E-state index in [0.717, 1.165) is 54.1 Å². The third kappa shape index (κ3) is 11.5. The number of carbonyl (C=O) groups is 1. The Bertz CT molecular complexity index is 1690. The fourth-order valence-corrected chi connectivity index (χ4v) is 7.47. The van der Waals surface area contributed by atoms with Gasteiger partial charge in [0.1, 0.15) is 18.1 Å². The zero-order valence-electron chi connectivity index (χ0n) is 30.8. The number of fused-ring (bicyclic) bond motifs is 1. The highest BCUT2D eigenvalue weighted by Gasteiger charge is 2.41. The summed E-state index contributed by atoms with van der Waals surface area (Å²) >= 11 is 0. The van der Waals surface area contributed by atoms with E-state index in [1.807, 2.05) is 43.3 Å². The smallest absolute Gasteiger partial charge is 0.407 e. The Labute approximate surface area is 312 Å². The van der Waals surface area contributed by atoms with Crippen LogP contribution < -0.4 is 14.4 Å². The molecule has 5 rings (SSSR count). The summed E-state index contributed by atoms with van der Waals surface area (Å²) < 4.78 is 65.8. The summed E-state index contributed by atoms with van der Waals surface area (Å²) in [5.74, 6) is 1.19. The first-order chi connectivity index (χ1) is 25.7. The molecule has 0 spiro atoms. The highest BCUT2D eigenvalue weighted by atomic mass is 32.2. The minimum absolute atomic E-state index is 0.0875. The molecule has 3 aromatic rings. The lowest BCUT2D eigenvalue weighted by Gasteiger charge is -2.42. The first kappa shape index (κ1) is 40.3. The average molecular weight is 757 g/mol. The van der Waals surface area contributed by atoms with E-state index in [-0.39, 0.29) is 50.1 Å². The van der Waals surface area contributed by atoms with Gasteiger partial charge in [0, 0.05) is 52.9 Å². The van der Waals surface area contributed by atoms with Crippen molar-refractivity contribution >= 4 is 21.9 Å². The molecule has 53 heavy (non-hydrogen) atoms. The van der Waals surface area contributed by atoms with Crippen LogP contribution in [0.2, 0.25) is 0 Å². The third-order valence-corrected chi connectivity index (χ3v) is 10.6. The molecule has 0 radical (unpaired) electrons. The van der Waals surface area contributed by atoms with Gasteiger partial charge in [0.25, 0.3) is 10.1 Å². The SMILES string of the molecule is COCCCOc1ccc([C@@H]2[C@@H](OCc3ccc4c(c3)N(CCCOC)CCO4)CN(C(=O)O)C[C@H]2OCCCOS(=O)(=O)c2ccc(C)cc2)cc1. The normalized spacial score (nSPS) is 18.7. The van der Waals surface area contributed by atoms with Gasteiger partial charge < -0.3 is 43.3 Å². The molecule has 2 aliphatic heterocycles. The molecular formula is C39H52N2O11S. The summed E-state index contributed by atoms with van der Waals surface area (Å²) in [6, 6.07) is 20.2. The Morgan fingerprint density at radius 1 is 0.849 bits per heavy atom. The summed E-state index contributed by atoms with van der Waals surface area (Å²) in [4.78, 5) is 16.1. The maximum Gasteiger partial charge on any atom is 0.407 e. The number of rotatable bonds is 20. The maximum absolute atomic E-state index is 12.7. The van der Waals surface area contributed by atoms with Crippen LogP contribution in [0.15, 0.2) is 71.6 Å². The Balaban J connectivity index is 1.31. The number of nitrogens with zero attached hydrogens (tertiary/aromatic N) is 2. The first-order valence-electron chi connectivity index (χ1n) is 18.1. The van der Waals surface area contributed by atoms with E-state index < -0.39 is 28.4 Å². The summed E-state index contributed by atoms with van der Waals surface area (Å²) in [6.45, 7) is 6.44. The van der Waals surface area contributed by atoms with E-state index in [1.54, 1.807) is 26.4 Å². The van der Waals surface area contributed by atoms with Gasteiger partial charge in [-0.1, -0.05) is 35.9 Å². The lowest BCUT2D eigenvalue weighted by atomic mass is 9.84. The minimum atomic E-state index is -3.93. The van der Waals surface area contributed by atoms with E-state index in [2.05, 4.69) is 11.0 Å². The van der Waals surface area contributed by atoms with Crippen molar-refractivity contribution in [1.29, 1.82) is 0 Å². The van der Waals surface area contributed by atoms with Crippen molar-refractivity contribution in [2.24, 2.45) is 0 Å². The molecule has 0 aliphatic carbocycles. The second-order valence-electron chi connectivity index (χ2n) is 13.2. The van der Waals surface area contributed by atoms with Crippen molar-refractivity contribution in [2.45, 2.75) is 55.8 Å². The molecule has 1 fully saturated rings. The largest absolute Gasteiger partial charge is 0.494 e. The number of methoxy groups -OCH3 is 2. The molecular weight excluding hydrogens is 704 g/mol. The van der Waals surface area contributed by atoms with Crippen LogP contribution in [0.5, 0.6) is 11.5 Å². The van der Waals surface area contributed by atoms with Crippen LogP contribution in [0.4, 0.5) is 10.5 Å². The van der Waals surface area contributed by atoms with Crippen molar-refractivity contribution in [3.05, 3.63) is 83.4 Å². The van der Waals surface area contributed by atoms with Gasteiger partial charge >= 0.3 is 6.09 Å². The van der Waals surface area contributed by atoms with Crippen LogP contribution in [0.25, 0.3) is 0 Å². The van der Waals surface area contributed by atoms with Gasteiger partial charge in [-0.05, 0) is 67.3 Å². The molecule has 3 aromatic carbocycles. The van der Waals surface area contributed by atoms with E-state index in [4.69, 9.17) is 32.6 Å². The van der Waals surface area contributed by atoms with E-state index in [1.165, 1.54) is 17.0 Å². The van der Waals surface area contributed by atoms with Crippen LogP contribution in [0, 0.1) is 6.92 Å². The Kier molecular flexibility index (Phi) is 15.2. The van der Waals surface area contributed by atoms with E-state index in [0.29, 0.717) is 32.2 Å². The topological polar surface area (TPSA) is 143 Å². The molecule has 13 nitrogen and oxygen atoms in total. The van der Waals surface area contributed by atoms with Gasteiger partial charge in [-0.15, -0.1) is 0 Å². The van der Waals surface area contributed by atoms with E-state index in [9.17, 15) is 18.3 Å². The zero-order chi connectivity index (χ0) is 37.6. The van der Waals surface area contributed by atoms with Gasteiger partial charge in [-0.3, -0.25) is 4.18 Å². The zero-order valence-corrected chi connectivity index (χ0v) is 31.6. The fraction of sp³-hybridized carbons (Fsp3) is 0.513. The number of carboxylic acid groups (broad SMARTS) is 1. The number of aryl methyl sites for hydroxylation is 1. The van der Waals surface area contributed by atoms with Gasteiger partial charge in [-0.2, -0.15) is 8.42 Å². The van der Waals surface area contributed by atoms with Crippen LogP contribution in [-0.2, 0) is 39.9 Å². The van der Waals surface area contributed by atoms with Gasteiger partial charge in [0.05, 0.1) is 62.2 Å². The van der Waals surface area contributed by atoms with Gasteiger partial charge in [-0.25, -0.2) is 4.79 Å².